The summed E-state index contributed by atoms with van der Waals surface area (Å²) in [6.07, 6.45) is 1.41. The molecule has 2 N–H and O–H groups in total. The highest BCUT2D eigenvalue weighted by Gasteiger charge is 2.19. The number of benzene rings is 1. The molecule has 20 heavy (non-hydrogen) atoms. The van der Waals surface area contributed by atoms with Gasteiger partial charge < -0.3 is 9.67 Å². The Balaban J connectivity index is 2.32. The molecule has 0 radical (unpaired) electrons. The number of nitrogens with one attached hydrogen (secondary N) is 1. The molecule has 1 aromatic carbocycles. The molecule has 1 aromatic heterocycles. The van der Waals surface area contributed by atoms with Gasteiger partial charge in [0, 0.05) is 18.8 Å². The highest BCUT2D eigenvalue weighted by Crippen LogP contribution is 2.21. The summed E-state index contributed by atoms with van der Waals surface area (Å²) in [6.45, 7) is 4.17. The van der Waals surface area contributed by atoms with Crippen molar-refractivity contribution in [1.82, 2.24) is 9.55 Å². The lowest BCUT2D eigenvalue weighted by Crippen LogP contribution is -2.13. The Labute approximate surface area is 115 Å². The first-order chi connectivity index (χ1) is 9.33. The number of phenols is 1. The summed E-state index contributed by atoms with van der Waals surface area (Å²) in [5, 5.41) is 8.93. The second-order valence-corrected chi connectivity index (χ2v) is 5.81. The van der Waals surface area contributed by atoms with Crippen LogP contribution in [0.4, 0.5) is 10.1 Å². The zero-order valence-electron chi connectivity index (χ0n) is 11.0. The average molecular weight is 299 g/mol. The fraction of sp³-hybridized carbons (Fsp3) is 0.250. The van der Waals surface area contributed by atoms with Crippen LogP contribution in [0.5, 0.6) is 5.75 Å². The average Bonchev–Trinajstić information content (AvgIpc) is 2.76. The number of hydrogen-bond donors (Lipinski definition) is 2. The van der Waals surface area contributed by atoms with E-state index in [1.54, 1.807) is 11.5 Å². The molecule has 0 amide bonds. The SMILES string of the molecule is CCn1cc(S(=O)(=O)Nc2ccc(O)c(F)c2)nc1C. The molecule has 0 spiro atoms. The van der Waals surface area contributed by atoms with E-state index in [0.717, 1.165) is 12.1 Å². The number of phenolic OH excluding ortho intramolecular Hbond substituents is 1. The molecule has 0 saturated carbocycles. The minimum atomic E-state index is -3.88. The monoisotopic (exact) mass is 299 g/mol. The first-order valence-corrected chi connectivity index (χ1v) is 7.37. The molecule has 8 heteroatoms. The molecule has 0 unspecified atom stereocenters. The van der Waals surface area contributed by atoms with Crippen molar-refractivity contribution in [2.45, 2.75) is 25.4 Å². The zero-order chi connectivity index (χ0) is 14.9. The van der Waals surface area contributed by atoms with E-state index in [-0.39, 0.29) is 10.7 Å². The molecule has 2 aromatic rings. The number of nitrogens with zero attached hydrogens (tertiary/aromatic N) is 2. The van der Waals surface area contributed by atoms with Gasteiger partial charge in [-0.3, -0.25) is 4.72 Å². The van der Waals surface area contributed by atoms with Crippen molar-refractivity contribution in [2.75, 3.05) is 4.72 Å². The number of aryl methyl sites for hydroxylation is 2. The van der Waals surface area contributed by atoms with E-state index in [4.69, 9.17) is 5.11 Å². The molecule has 1 heterocycles. The largest absolute Gasteiger partial charge is 0.505 e. The van der Waals surface area contributed by atoms with Crippen LogP contribution in [0.25, 0.3) is 0 Å². The Hall–Kier alpha value is -2.09. The van der Waals surface area contributed by atoms with E-state index in [9.17, 15) is 12.8 Å². The van der Waals surface area contributed by atoms with E-state index in [2.05, 4.69) is 9.71 Å². The second-order valence-electron chi connectivity index (χ2n) is 4.18. The van der Waals surface area contributed by atoms with Gasteiger partial charge in [-0.25, -0.2) is 9.37 Å². The van der Waals surface area contributed by atoms with Crippen LogP contribution in [-0.4, -0.2) is 23.1 Å². The molecule has 0 bridgehead atoms. The molecule has 0 aliphatic carbocycles. The van der Waals surface area contributed by atoms with Gasteiger partial charge in [-0.05, 0) is 26.0 Å². The normalized spacial score (nSPS) is 11.6. The summed E-state index contributed by atoms with van der Waals surface area (Å²) in [7, 11) is -3.88. The quantitative estimate of drug-likeness (QED) is 0.844. The van der Waals surface area contributed by atoms with E-state index < -0.39 is 21.6 Å². The molecule has 108 valence electrons. The summed E-state index contributed by atoms with van der Waals surface area (Å²) in [5.41, 5.74) is 0.0176. The van der Waals surface area contributed by atoms with Crippen molar-refractivity contribution >= 4 is 15.7 Å². The lowest BCUT2D eigenvalue weighted by atomic mass is 10.3. The van der Waals surface area contributed by atoms with Crippen molar-refractivity contribution in [1.29, 1.82) is 0 Å². The summed E-state index contributed by atoms with van der Waals surface area (Å²) < 4.78 is 41.3. The first-order valence-electron chi connectivity index (χ1n) is 5.88. The molecule has 0 saturated heterocycles. The minimum Gasteiger partial charge on any atom is -0.505 e. The Morgan fingerprint density at radius 2 is 2.15 bits per heavy atom. The summed E-state index contributed by atoms with van der Waals surface area (Å²) >= 11 is 0. The van der Waals surface area contributed by atoms with Crippen molar-refractivity contribution in [3.63, 3.8) is 0 Å². The number of rotatable bonds is 4. The molecular weight excluding hydrogens is 285 g/mol. The van der Waals surface area contributed by atoms with Crippen molar-refractivity contribution in [3.05, 3.63) is 36.0 Å². The Kier molecular flexibility index (Phi) is 3.67. The van der Waals surface area contributed by atoms with Gasteiger partial charge in [0.15, 0.2) is 16.6 Å². The number of imidazole rings is 1. The Morgan fingerprint density at radius 3 is 2.70 bits per heavy atom. The number of aromatic nitrogens is 2. The molecule has 0 atom stereocenters. The third-order valence-electron chi connectivity index (χ3n) is 2.77. The van der Waals surface area contributed by atoms with Crippen LogP contribution in [0.15, 0.2) is 29.4 Å². The summed E-state index contributed by atoms with van der Waals surface area (Å²) in [4.78, 5) is 3.96. The first kappa shape index (κ1) is 14.3. The molecule has 0 aliphatic rings. The van der Waals surface area contributed by atoms with Gasteiger partial charge in [0.1, 0.15) is 5.82 Å². The van der Waals surface area contributed by atoms with Gasteiger partial charge >= 0.3 is 0 Å². The molecule has 0 fully saturated rings. The summed E-state index contributed by atoms with van der Waals surface area (Å²) in [5.74, 6) is -0.871. The topological polar surface area (TPSA) is 84.2 Å². The van der Waals surface area contributed by atoms with Crippen LogP contribution >= 0.6 is 0 Å². The van der Waals surface area contributed by atoms with Crippen LogP contribution in [-0.2, 0) is 16.6 Å². The van der Waals surface area contributed by atoms with E-state index in [1.165, 1.54) is 12.3 Å². The number of hydrogen-bond acceptors (Lipinski definition) is 4. The Morgan fingerprint density at radius 1 is 1.45 bits per heavy atom. The maximum Gasteiger partial charge on any atom is 0.280 e. The predicted molar refractivity (Wildman–Crippen MR) is 71.5 cm³/mol. The second kappa shape index (κ2) is 5.12. The highest BCUT2D eigenvalue weighted by molar-refractivity contribution is 7.92. The Bertz CT molecular complexity index is 740. The zero-order valence-corrected chi connectivity index (χ0v) is 11.8. The highest BCUT2D eigenvalue weighted by atomic mass is 32.2. The van der Waals surface area contributed by atoms with Crippen LogP contribution in [0.1, 0.15) is 12.7 Å². The van der Waals surface area contributed by atoms with Crippen LogP contribution in [0.3, 0.4) is 0 Å². The van der Waals surface area contributed by atoms with Gasteiger partial charge in [0.25, 0.3) is 10.0 Å². The van der Waals surface area contributed by atoms with Crippen LogP contribution in [0, 0.1) is 12.7 Å². The van der Waals surface area contributed by atoms with Crippen molar-refractivity contribution in [3.8, 4) is 5.75 Å². The van der Waals surface area contributed by atoms with Gasteiger partial charge in [-0.2, -0.15) is 8.42 Å². The lowest BCUT2D eigenvalue weighted by Gasteiger charge is -2.06. The standard InChI is InChI=1S/C12H14FN3O3S/c1-3-16-7-12(14-8(16)2)20(18,19)15-9-4-5-11(17)10(13)6-9/h4-7,15,17H,3H2,1-2H3. The van der Waals surface area contributed by atoms with Crippen molar-refractivity contribution < 1.29 is 17.9 Å². The van der Waals surface area contributed by atoms with Crippen molar-refractivity contribution in [2.24, 2.45) is 0 Å². The smallest absolute Gasteiger partial charge is 0.280 e. The molecule has 0 aliphatic heterocycles. The van der Waals surface area contributed by atoms with E-state index in [0.29, 0.717) is 12.4 Å². The maximum absolute atomic E-state index is 13.2. The summed E-state index contributed by atoms with van der Waals surface area (Å²) in [6, 6.07) is 3.24. The fourth-order valence-corrected chi connectivity index (χ4v) is 2.77. The van der Waals surface area contributed by atoms with Gasteiger partial charge in [-0.1, -0.05) is 0 Å². The maximum atomic E-state index is 13.2. The van der Waals surface area contributed by atoms with E-state index in [1.807, 2.05) is 6.92 Å². The molecular formula is C12H14FN3O3S. The van der Waals surface area contributed by atoms with E-state index >= 15 is 0 Å². The van der Waals surface area contributed by atoms with Crippen LogP contribution < -0.4 is 4.72 Å². The van der Waals surface area contributed by atoms with Gasteiger partial charge in [0.2, 0.25) is 0 Å². The lowest BCUT2D eigenvalue weighted by molar-refractivity contribution is 0.432. The predicted octanol–water partition coefficient (Wildman–Crippen LogP) is 1.86. The molecule has 2 rings (SSSR count). The number of sulfonamides is 1. The fourth-order valence-electron chi connectivity index (χ4n) is 1.71. The molecule has 6 nitrogen and oxygen atoms in total. The third kappa shape index (κ3) is 2.74. The number of halogens is 1. The minimum absolute atomic E-state index is 0.0176. The van der Waals surface area contributed by atoms with Gasteiger partial charge in [-0.15, -0.1) is 0 Å². The third-order valence-corrected chi connectivity index (χ3v) is 4.02. The number of anilines is 1. The number of aromatic hydroxyl groups is 1. The van der Waals surface area contributed by atoms with Gasteiger partial charge in [0.05, 0.1) is 5.69 Å². The van der Waals surface area contributed by atoms with Crippen LogP contribution in [0.2, 0.25) is 0 Å².